The van der Waals surface area contributed by atoms with Gasteiger partial charge in [-0.2, -0.15) is 0 Å². The number of benzene rings is 2. The molecule has 2 N–H and O–H groups in total. The topological polar surface area (TPSA) is 70.7 Å². The zero-order valence-corrected chi connectivity index (χ0v) is 17.4. The minimum Gasteiger partial charge on any atom is -0.378 e. The molecule has 4 rings (SSSR count). The SMILES string of the molecule is Cl.O=C(CC1COCCN1)Nc1ccc(CN2C(=O)Cc3ccc(Cl)cc32)cc1. The lowest BCUT2D eigenvalue weighted by Crippen LogP contribution is -2.43. The summed E-state index contributed by atoms with van der Waals surface area (Å²) in [5, 5.41) is 6.80. The third-order valence-electron chi connectivity index (χ3n) is 4.99. The Morgan fingerprint density at radius 1 is 1.24 bits per heavy atom. The van der Waals surface area contributed by atoms with Gasteiger partial charge in [-0.05, 0) is 35.4 Å². The Bertz CT molecular complexity index is 883. The van der Waals surface area contributed by atoms with Gasteiger partial charge in [-0.3, -0.25) is 9.59 Å². The van der Waals surface area contributed by atoms with E-state index >= 15 is 0 Å². The van der Waals surface area contributed by atoms with Crippen molar-refractivity contribution in [2.45, 2.75) is 25.4 Å². The minimum absolute atomic E-state index is 0. The summed E-state index contributed by atoms with van der Waals surface area (Å²) in [6.07, 6.45) is 0.779. The van der Waals surface area contributed by atoms with Gasteiger partial charge in [0.25, 0.3) is 0 Å². The van der Waals surface area contributed by atoms with Gasteiger partial charge in [0.2, 0.25) is 11.8 Å². The van der Waals surface area contributed by atoms with Gasteiger partial charge in [0.1, 0.15) is 0 Å². The fourth-order valence-electron chi connectivity index (χ4n) is 3.57. The van der Waals surface area contributed by atoms with Crippen molar-refractivity contribution < 1.29 is 14.3 Å². The van der Waals surface area contributed by atoms with E-state index in [9.17, 15) is 9.59 Å². The summed E-state index contributed by atoms with van der Waals surface area (Å²) in [5.74, 6) is 0.0193. The summed E-state index contributed by atoms with van der Waals surface area (Å²) in [5.41, 5.74) is 3.60. The normalized spacial score (nSPS) is 18.2. The molecule has 1 fully saturated rings. The largest absolute Gasteiger partial charge is 0.378 e. The van der Waals surface area contributed by atoms with Crippen molar-refractivity contribution in [1.82, 2.24) is 5.32 Å². The fraction of sp³-hybridized carbons (Fsp3) is 0.333. The maximum atomic E-state index is 12.4. The molecule has 154 valence electrons. The molecular formula is C21H23Cl2N3O3. The van der Waals surface area contributed by atoms with Crippen LogP contribution < -0.4 is 15.5 Å². The number of morpholine rings is 1. The van der Waals surface area contributed by atoms with Gasteiger partial charge < -0.3 is 20.3 Å². The van der Waals surface area contributed by atoms with Gasteiger partial charge in [-0.15, -0.1) is 12.4 Å². The van der Waals surface area contributed by atoms with Crippen LogP contribution in [0.3, 0.4) is 0 Å². The molecule has 2 aromatic rings. The molecule has 2 aliphatic heterocycles. The second kappa shape index (κ2) is 9.59. The summed E-state index contributed by atoms with van der Waals surface area (Å²) in [4.78, 5) is 26.3. The number of nitrogens with one attached hydrogen (secondary N) is 2. The predicted octanol–water partition coefficient (Wildman–Crippen LogP) is 3.17. The smallest absolute Gasteiger partial charge is 0.231 e. The molecule has 0 radical (unpaired) electrons. The van der Waals surface area contributed by atoms with Crippen LogP contribution in [0.1, 0.15) is 17.5 Å². The van der Waals surface area contributed by atoms with Gasteiger partial charge in [0.05, 0.1) is 26.2 Å². The van der Waals surface area contributed by atoms with Crippen molar-refractivity contribution in [2.75, 3.05) is 30.0 Å². The third-order valence-corrected chi connectivity index (χ3v) is 5.22. The molecule has 0 spiro atoms. The first-order valence-electron chi connectivity index (χ1n) is 9.37. The highest BCUT2D eigenvalue weighted by Crippen LogP contribution is 2.32. The lowest BCUT2D eigenvalue weighted by molar-refractivity contribution is -0.118. The van der Waals surface area contributed by atoms with Crippen molar-refractivity contribution in [3.8, 4) is 0 Å². The van der Waals surface area contributed by atoms with E-state index < -0.39 is 0 Å². The highest BCUT2D eigenvalue weighted by atomic mass is 35.5. The molecule has 2 aromatic carbocycles. The number of hydrogen-bond donors (Lipinski definition) is 2. The van der Waals surface area contributed by atoms with Crippen molar-refractivity contribution in [2.24, 2.45) is 0 Å². The number of halogens is 2. The standard InChI is InChI=1S/C21H22ClN3O3.ClH/c22-16-4-3-15-9-21(27)25(19(15)10-16)12-14-1-5-17(6-2-14)24-20(26)11-18-13-28-8-7-23-18;/h1-6,10,18,23H,7-9,11-13H2,(H,24,26);1H. The average molecular weight is 436 g/mol. The number of nitrogens with zero attached hydrogens (tertiary/aromatic N) is 1. The van der Waals surface area contributed by atoms with Crippen molar-refractivity contribution >= 4 is 47.2 Å². The molecule has 29 heavy (non-hydrogen) atoms. The van der Waals surface area contributed by atoms with Crippen LogP contribution in [0.4, 0.5) is 11.4 Å². The Morgan fingerprint density at radius 3 is 2.76 bits per heavy atom. The number of fused-ring (bicyclic) bond motifs is 1. The van der Waals surface area contributed by atoms with Crippen LogP contribution in [0.2, 0.25) is 5.02 Å². The van der Waals surface area contributed by atoms with E-state index in [1.165, 1.54) is 0 Å². The molecule has 0 aliphatic carbocycles. The Labute approximate surface area is 181 Å². The summed E-state index contributed by atoms with van der Waals surface area (Å²) in [7, 11) is 0. The average Bonchev–Trinajstić information content (AvgIpc) is 2.99. The Balaban J connectivity index is 0.00000240. The Kier molecular flexibility index (Phi) is 7.14. The van der Waals surface area contributed by atoms with Gasteiger partial charge in [-0.1, -0.05) is 29.8 Å². The van der Waals surface area contributed by atoms with Crippen LogP contribution in [0.15, 0.2) is 42.5 Å². The molecule has 2 aliphatic rings. The van der Waals surface area contributed by atoms with E-state index in [4.69, 9.17) is 16.3 Å². The molecule has 1 atom stereocenters. The van der Waals surface area contributed by atoms with Crippen LogP contribution in [0, 0.1) is 0 Å². The number of hydrogen-bond acceptors (Lipinski definition) is 4. The second-order valence-electron chi connectivity index (χ2n) is 7.10. The summed E-state index contributed by atoms with van der Waals surface area (Å²) in [6, 6.07) is 13.2. The zero-order valence-electron chi connectivity index (χ0n) is 15.8. The quantitative estimate of drug-likeness (QED) is 0.756. The lowest BCUT2D eigenvalue weighted by Gasteiger charge is -2.23. The highest BCUT2D eigenvalue weighted by Gasteiger charge is 2.27. The third kappa shape index (κ3) is 5.28. The fourth-order valence-corrected chi connectivity index (χ4v) is 3.73. The Hall–Kier alpha value is -2.12. The van der Waals surface area contributed by atoms with E-state index in [1.54, 1.807) is 4.90 Å². The van der Waals surface area contributed by atoms with Gasteiger partial charge in [0, 0.05) is 35.4 Å². The van der Waals surface area contributed by atoms with Crippen molar-refractivity contribution in [3.63, 3.8) is 0 Å². The highest BCUT2D eigenvalue weighted by molar-refractivity contribution is 6.31. The van der Waals surface area contributed by atoms with Crippen LogP contribution in [0.25, 0.3) is 0 Å². The molecule has 1 unspecified atom stereocenters. The van der Waals surface area contributed by atoms with Gasteiger partial charge >= 0.3 is 0 Å². The molecule has 2 amide bonds. The van der Waals surface area contributed by atoms with Crippen LogP contribution >= 0.6 is 24.0 Å². The first kappa shape index (κ1) is 21.6. The first-order chi connectivity index (χ1) is 13.6. The monoisotopic (exact) mass is 435 g/mol. The molecule has 0 saturated carbocycles. The number of rotatable bonds is 5. The molecule has 2 heterocycles. The van der Waals surface area contributed by atoms with Crippen LogP contribution in [-0.2, 0) is 27.3 Å². The maximum absolute atomic E-state index is 12.4. The molecule has 6 nitrogen and oxygen atoms in total. The number of carbonyl (C=O) groups is 2. The minimum atomic E-state index is -0.0472. The predicted molar refractivity (Wildman–Crippen MR) is 116 cm³/mol. The lowest BCUT2D eigenvalue weighted by atomic mass is 10.1. The number of ether oxygens (including phenoxy) is 1. The maximum Gasteiger partial charge on any atom is 0.231 e. The second-order valence-corrected chi connectivity index (χ2v) is 7.54. The summed E-state index contributed by atoms with van der Waals surface area (Å²) >= 11 is 6.09. The summed E-state index contributed by atoms with van der Waals surface area (Å²) < 4.78 is 5.37. The summed E-state index contributed by atoms with van der Waals surface area (Å²) in [6.45, 7) is 2.50. The van der Waals surface area contributed by atoms with Crippen molar-refractivity contribution in [3.05, 3.63) is 58.6 Å². The van der Waals surface area contributed by atoms with Crippen LogP contribution in [0.5, 0.6) is 0 Å². The van der Waals surface area contributed by atoms with E-state index in [2.05, 4.69) is 10.6 Å². The first-order valence-corrected chi connectivity index (χ1v) is 9.75. The van der Waals surface area contributed by atoms with E-state index in [1.807, 2.05) is 42.5 Å². The Morgan fingerprint density at radius 2 is 2.03 bits per heavy atom. The van der Waals surface area contributed by atoms with Crippen molar-refractivity contribution in [1.29, 1.82) is 0 Å². The van der Waals surface area contributed by atoms with Crippen LogP contribution in [-0.4, -0.2) is 37.6 Å². The molecule has 8 heteroatoms. The molecule has 0 aromatic heterocycles. The van der Waals surface area contributed by atoms with E-state index in [0.717, 1.165) is 29.0 Å². The number of amides is 2. The van der Waals surface area contributed by atoms with E-state index in [0.29, 0.717) is 37.6 Å². The number of anilines is 2. The zero-order chi connectivity index (χ0) is 19.5. The van der Waals surface area contributed by atoms with Gasteiger partial charge in [-0.25, -0.2) is 0 Å². The number of carbonyl (C=O) groups excluding carboxylic acids is 2. The van der Waals surface area contributed by atoms with Gasteiger partial charge in [0.15, 0.2) is 0 Å². The van der Waals surface area contributed by atoms with E-state index in [-0.39, 0.29) is 30.3 Å². The molecule has 1 saturated heterocycles. The molecular weight excluding hydrogens is 413 g/mol. The molecule has 0 bridgehead atoms.